The van der Waals surface area contributed by atoms with Gasteiger partial charge in [0, 0.05) is 31.9 Å². The molecule has 1 aromatic carbocycles. The van der Waals surface area contributed by atoms with Gasteiger partial charge in [-0.25, -0.2) is 4.79 Å². The van der Waals surface area contributed by atoms with E-state index >= 15 is 0 Å². The van der Waals surface area contributed by atoms with Crippen molar-refractivity contribution in [1.29, 1.82) is 0 Å². The quantitative estimate of drug-likeness (QED) is 0.764. The Balaban J connectivity index is 1.91. The third-order valence-electron chi connectivity index (χ3n) is 3.92. The van der Waals surface area contributed by atoms with Gasteiger partial charge in [-0.15, -0.1) is 0 Å². The number of piperidine rings is 1. The summed E-state index contributed by atoms with van der Waals surface area (Å²) in [5.74, 6) is -0.278. The van der Waals surface area contributed by atoms with Gasteiger partial charge in [-0.3, -0.25) is 4.79 Å². The molecule has 0 saturated carbocycles. The Hall–Kier alpha value is -2.24. The van der Waals surface area contributed by atoms with Gasteiger partial charge in [0.25, 0.3) is 0 Å². The average molecular weight is 304 g/mol. The topological polar surface area (TPSA) is 87.5 Å². The minimum Gasteiger partial charge on any atom is -0.371 e. The molecule has 0 spiro atoms. The maximum absolute atomic E-state index is 11.4. The fourth-order valence-electron chi connectivity index (χ4n) is 2.67. The van der Waals surface area contributed by atoms with Crippen LogP contribution in [-0.2, 0) is 11.3 Å². The minimum atomic E-state index is -0.215. The number of nitrogens with one attached hydrogen (secondary N) is 2. The first kappa shape index (κ1) is 16.1. The van der Waals surface area contributed by atoms with Crippen LogP contribution in [0.2, 0.25) is 0 Å². The zero-order valence-electron chi connectivity index (χ0n) is 13.0. The number of primary amides is 1. The number of benzene rings is 1. The number of nitrogens with zero attached hydrogens (tertiary/aromatic N) is 1. The van der Waals surface area contributed by atoms with Crippen molar-refractivity contribution in [3.63, 3.8) is 0 Å². The van der Waals surface area contributed by atoms with Gasteiger partial charge in [0.1, 0.15) is 0 Å². The van der Waals surface area contributed by atoms with Crippen molar-refractivity contribution in [3.05, 3.63) is 29.8 Å². The predicted molar refractivity (Wildman–Crippen MR) is 86.5 cm³/mol. The molecule has 6 heteroatoms. The molecule has 1 aliphatic heterocycles. The van der Waals surface area contributed by atoms with Crippen molar-refractivity contribution in [2.75, 3.05) is 24.5 Å². The van der Waals surface area contributed by atoms with Crippen molar-refractivity contribution in [2.24, 2.45) is 11.7 Å². The molecule has 1 saturated heterocycles. The van der Waals surface area contributed by atoms with Gasteiger partial charge in [0.05, 0.1) is 5.92 Å². The van der Waals surface area contributed by atoms with Crippen molar-refractivity contribution < 1.29 is 9.59 Å². The lowest BCUT2D eigenvalue weighted by Crippen LogP contribution is -2.41. The van der Waals surface area contributed by atoms with E-state index in [0.29, 0.717) is 19.6 Å². The van der Waals surface area contributed by atoms with E-state index in [1.807, 2.05) is 31.2 Å². The van der Waals surface area contributed by atoms with E-state index in [-0.39, 0.29) is 17.9 Å². The average Bonchev–Trinajstić information content (AvgIpc) is 2.54. The van der Waals surface area contributed by atoms with Crippen LogP contribution in [0.15, 0.2) is 24.3 Å². The molecule has 0 aromatic heterocycles. The number of anilines is 1. The lowest BCUT2D eigenvalue weighted by molar-refractivity contribution is -0.122. The summed E-state index contributed by atoms with van der Waals surface area (Å²) in [5.41, 5.74) is 7.54. The van der Waals surface area contributed by atoms with Crippen LogP contribution in [0.3, 0.4) is 0 Å². The molecule has 1 unspecified atom stereocenters. The Labute approximate surface area is 131 Å². The SMILES string of the molecule is CCNC(=O)NCc1ccc(N2CCCC(C(N)=O)C2)cc1. The number of carbonyl (C=O) groups is 2. The summed E-state index contributed by atoms with van der Waals surface area (Å²) in [5, 5.41) is 5.49. The standard InChI is InChI=1S/C16H24N4O2/c1-2-18-16(22)19-10-12-5-7-14(8-6-12)20-9-3-4-13(11-20)15(17)21/h5-8,13H,2-4,9-11H2,1H3,(H2,17,21)(H2,18,19,22). The maximum Gasteiger partial charge on any atom is 0.315 e. The van der Waals surface area contributed by atoms with E-state index < -0.39 is 0 Å². The lowest BCUT2D eigenvalue weighted by atomic mass is 9.97. The van der Waals surface area contributed by atoms with Crippen molar-refractivity contribution >= 4 is 17.6 Å². The second-order valence-corrected chi connectivity index (χ2v) is 5.57. The van der Waals surface area contributed by atoms with Gasteiger partial charge in [0.15, 0.2) is 0 Å². The second kappa shape index (κ2) is 7.68. The largest absolute Gasteiger partial charge is 0.371 e. The van der Waals surface area contributed by atoms with E-state index in [0.717, 1.165) is 30.6 Å². The maximum atomic E-state index is 11.4. The van der Waals surface area contributed by atoms with Crippen LogP contribution >= 0.6 is 0 Å². The zero-order chi connectivity index (χ0) is 15.9. The molecular weight excluding hydrogens is 280 g/mol. The summed E-state index contributed by atoms with van der Waals surface area (Å²) >= 11 is 0. The van der Waals surface area contributed by atoms with Crippen LogP contribution in [0.1, 0.15) is 25.3 Å². The highest BCUT2D eigenvalue weighted by atomic mass is 16.2. The second-order valence-electron chi connectivity index (χ2n) is 5.57. The molecule has 6 nitrogen and oxygen atoms in total. The molecule has 4 N–H and O–H groups in total. The van der Waals surface area contributed by atoms with E-state index in [4.69, 9.17) is 5.73 Å². The van der Waals surface area contributed by atoms with Crippen LogP contribution in [0.4, 0.5) is 10.5 Å². The van der Waals surface area contributed by atoms with E-state index in [1.54, 1.807) is 0 Å². The van der Waals surface area contributed by atoms with E-state index in [9.17, 15) is 9.59 Å². The number of rotatable bonds is 5. The van der Waals surface area contributed by atoms with Crippen molar-refractivity contribution in [3.8, 4) is 0 Å². The highest BCUT2D eigenvalue weighted by Gasteiger charge is 2.23. The number of urea groups is 1. The Bertz CT molecular complexity index is 515. The normalized spacial score (nSPS) is 17.9. The number of nitrogens with two attached hydrogens (primary N) is 1. The minimum absolute atomic E-state index is 0.0622. The summed E-state index contributed by atoms with van der Waals surface area (Å²) in [6.07, 6.45) is 1.86. The lowest BCUT2D eigenvalue weighted by Gasteiger charge is -2.33. The summed E-state index contributed by atoms with van der Waals surface area (Å²) < 4.78 is 0. The van der Waals surface area contributed by atoms with Gasteiger partial charge in [-0.1, -0.05) is 12.1 Å². The fourth-order valence-corrected chi connectivity index (χ4v) is 2.67. The number of hydrogen-bond donors (Lipinski definition) is 3. The van der Waals surface area contributed by atoms with Crippen LogP contribution in [0.5, 0.6) is 0 Å². The van der Waals surface area contributed by atoms with E-state index in [2.05, 4.69) is 15.5 Å². The first-order valence-electron chi connectivity index (χ1n) is 7.75. The van der Waals surface area contributed by atoms with Gasteiger partial charge < -0.3 is 21.3 Å². The molecule has 3 amide bonds. The Morgan fingerprint density at radius 2 is 2.00 bits per heavy atom. The molecule has 0 aliphatic carbocycles. The third kappa shape index (κ3) is 4.38. The fraction of sp³-hybridized carbons (Fsp3) is 0.500. The molecular formula is C16H24N4O2. The molecule has 0 bridgehead atoms. The van der Waals surface area contributed by atoms with Crippen molar-refractivity contribution in [1.82, 2.24) is 10.6 Å². The van der Waals surface area contributed by atoms with E-state index in [1.165, 1.54) is 0 Å². The van der Waals surface area contributed by atoms with Crippen molar-refractivity contribution in [2.45, 2.75) is 26.3 Å². The molecule has 2 rings (SSSR count). The first-order valence-corrected chi connectivity index (χ1v) is 7.75. The summed E-state index contributed by atoms with van der Waals surface area (Å²) in [7, 11) is 0. The number of hydrogen-bond acceptors (Lipinski definition) is 3. The molecule has 120 valence electrons. The molecule has 1 aromatic rings. The first-order chi connectivity index (χ1) is 10.6. The summed E-state index contributed by atoms with van der Waals surface area (Å²) in [6, 6.07) is 7.88. The zero-order valence-corrected chi connectivity index (χ0v) is 13.0. The van der Waals surface area contributed by atoms with Gasteiger partial charge in [-0.2, -0.15) is 0 Å². The molecule has 0 radical (unpaired) electrons. The molecule has 1 atom stereocenters. The summed E-state index contributed by atoms with van der Waals surface area (Å²) in [6.45, 7) is 4.62. The smallest absolute Gasteiger partial charge is 0.315 e. The summed E-state index contributed by atoms with van der Waals surface area (Å²) in [4.78, 5) is 24.9. The van der Waals surface area contributed by atoms with Gasteiger partial charge in [0.2, 0.25) is 5.91 Å². The third-order valence-corrected chi connectivity index (χ3v) is 3.92. The van der Waals surface area contributed by atoms with Crippen LogP contribution in [-0.4, -0.2) is 31.6 Å². The van der Waals surface area contributed by atoms with Crippen LogP contribution in [0, 0.1) is 5.92 Å². The number of amides is 3. The predicted octanol–water partition coefficient (Wildman–Crippen LogP) is 1.21. The molecule has 1 fully saturated rings. The Kier molecular flexibility index (Phi) is 5.63. The number of carbonyl (C=O) groups excluding carboxylic acids is 2. The van der Waals surface area contributed by atoms with Crippen LogP contribution < -0.4 is 21.3 Å². The van der Waals surface area contributed by atoms with Gasteiger partial charge >= 0.3 is 6.03 Å². The van der Waals surface area contributed by atoms with Crippen LogP contribution in [0.25, 0.3) is 0 Å². The monoisotopic (exact) mass is 304 g/mol. The Morgan fingerprint density at radius 3 is 2.64 bits per heavy atom. The molecule has 1 heterocycles. The Morgan fingerprint density at radius 1 is 1.27 bits per heavy atom. The molecule has 1 aliphatic rings. The molecule has 22 heavy (non-hydrogen) atoms. The van der Waals surface area contributed by atoms with Gasteiger partial charge in [-0.05, 0) is 37.5 Å². The highest BCUT2D eigenvalue weighted by molar-refractivity contribution is 5.77. The highest BCUT2D eigenvalue weighted by Crippen LogP contribution is 2.23.